The monoisotopic (exact) mass is 229 g/mol. The summed E-state index contributed by atoms with van der Waals surface area (Å²) in [5.74, 6) is 0. The molecule has 0 aromatic rings. The van der Waals surface area contributed by atoms with Crippen LogP contribution in [0, 0.1) is 0 Å². The Kier molecular flexibility index (Phi) is 4.21. The maximum absolute atomic E-state index is 12.3. The van der Waals surface area contributed by atoms with Gasteiger partial charge in [0.25, 0.3) is 0 Å². The van der Waals surface area contributed by atoms with E-state index in [2.05, 4.69) is 5.32 Å². The van der Waals surface area contributed by atoms with Crippen LogP contribution in [0.2, 0.25) is 0 Å². The zero-order valence-electron chi connectivity index (χ0n) is 9.71. The van der Waals surface area contributed by atoms with E-state index in [0.29, 0.717) is 16.5 Å². The molecule has 2 saturated carbocycles. The van der Waals surface area contributed by atoms with E-state index in [-0.39, 0.29) is 0 Å². The van der Waals surface area contributed by atoms with Crippen LogP contribution < -0.4 is 5.32 Å². The molecule has 3 unspecified atom stereocenters. The van der Waals surface area contributed by atoms with E-state index in [4.69, 9.17) is 0 Å². The number of hydrogen-bond acceptors (Lipinski definition) is 2. The topological polar surface area (TPSA) is 29.1 Å². The van der Waals surface area contributed by atoms with Crippen LogP contribution in [-0.4, -0.2) is 27.8 Å². The van der Waals surface area contributed by atoms with Crippen molar-refractivity contribution in [1.82, 2.24) is 5.32 Å². The Morgan fingerprint density at radius 2 is 1.73 bits per heavy atom. The summed E-state index contributed by atoms with van der Waals surface area (Å²) in [5.41, 5.74) is 0. The largest absolute Gasteiger partial charge is 0.317 e. The van der Waals surface area contributed by atoms with Gasteiger partial charge in [-0.25, -0.2) is 0 Å². The summed E-state index contributed by atoms with van der Waals surface area (Å²) in [5, 5.41) is 4.34. The molecule has 1 N–H and O–H groups in total. The molecule has 0 aliphatic heterocycles. The van der Waals surface area contributed by atoms with E-state index in [1.807, 2.05) is 7.05 Å². The second kappa shape index (κ2) is 5.44. The molecule has 3 heteroatoms. The summed E-state index contributed by atoms with van der Waals surface area (Å²) in [4.78, 5) is 0. The molecule has 0 amide bonds. The van der Waals surface area contributed by atoms with Gasteiger partial charge in [0.2, 0.25) is 0 Å². The highest BCUT2D eigenvalue weighted by Crippen LogP contribution is 2.30. The first-order valence-electron chi connectivity index (χ1n) is 6.38. The maximum Gasteiger partial charge on any atom is 0.0366 e. The molecule has 3 atom stereocenters. The van der Waals surface area contributed by atoms with Gasteiger partial charge in [-0.15, -0.1) is 0 Å². The second-order valence-corrected chi connectivity index (χ2v) is 7.00. The molecule has 0 radical (unpaired) electrons. The first-order valence-corrected chi connectivity index (χ1v) is 7.65. The fourth-order valence-corrected chi connectivity index (χ4v) is 5.12. The fraction of sp³-hybridized carbons (Fsp3) is 1.00. The molecule has 15 heavy (non-hydrogen) atoms. The SMILES string of the molecule is CNC1CCC(S(=O)C2CCCCC2)C1. The molecule has 2 aliphatic carbocycles. The Hall–Kier alpha value is 0.110. The molecule has 0 heterocycles. The van der Waals surface area contributed by atoms with Gasteiger partial charge in [0.1, 0.15) is 0 Å². The van der Waals surface area contributed by atoms with Crippen LogP contribution in [0.4, 0.5) is 0 Å². The summed E-state index contributed by atoms with van der Waals surface area (Å²) in [6.07, 6.45) is 9.93. The molecule has 2 nitrogen and oxygen atoms in total. The summed E-state index contributed by atoms with van der Waals surface area (Å²) in [6, 6.07) is 0.627. The maximum atomic E-state index is 12.3. The number of hydrogen-bond donors (Lipinski definition) is 1. The minimum Gasteiger partial charge on any atom is -0.317 e. The van der Waals surface area contributed by atoms with Gasteiger partial charge in [-0.3, -0.25) is 4.21 Å². The molecule has 2 aliphatic rings. The third-order valence-electron chi connectivity index (χ3n) is 4.00. The summed E-state index contributed by atoms with van der Waals surface area (Å²) < 4.78 is 12.3. The molecule has 2 rings (SSSR count). The van der Waals surface area contributed by atoms with Crippen molar-refractivity contribution in [2.45, 2.75) is 67.9 Å². The molecule has 88 valence electrons. The normalized spacial score (nSPS) is 35.5. The van der Waals surface area contributed by atoms with Gasteiger partial charge in [0.05, 0.1) is 0 Å². The van der Waals surface area contributed by atoms with Gasteiger partial charge >= 0.3 is 0 Å². The first kappa shape index (κ1) is 11.6. The Morgan fingerprint density at radius 3 is 2.33 bits per heavy atom. The van der Waals surface area contributed by atoms with Crippen molar-refractivity contribution < 1.29 is 4.21 Å². The predicted molar refractivity (Wildman–Crippen MR) is 65.5 cm³/mol. The average Bonchev–Trinajstić information content (AvgIpc) is 2.78. The van der Waals surface area contributed by atoms with E-state index in [1.54, 1.807) is 0 Å². The highest BCUT2D eigenvalue weighted by Gasteiger charge is 2.32. The molecule has 0 spiro atoms. The molecule has 0 bridgehead atoms. The first-order chi connectivity index (χ1) is 7.31. The van der Waals surface area contributed by atoms with Gasteiger partial charge in [0, 0.05) is 27.3 Å². The fourth-order valence-electron chi connectivity index (χ4n) is 2.98. The molecule has 0 aromatic carbocycles. The quantitative estimate of drug-likeness (QED) is 0.804. The predicted octanol–water partition coefficient (Wildman–Crippen LogP) is 2.21. The Labute approximate surface area is 95.7 Å². The Morgan fingerprint density at radius 1 is 1.00 bits per heavy atom. The zero-order valence-corrected chi connectivity index (χ0v) is 10.5. The van der Waals surface area contributed by atoms with Gasteiger partial charge in [-0.1, -0.05) is 19.3 Å². The van der Waals surface area contributed by atoms with E-state index in [9.17, 15) is 4.21 Å². The molecular formula is C12H23NOS. The van der Waals surface area contributed by atoms with Crippen molar-refractivity contribution in [1.29, 1.82) is 0 Å². The van der Waals surface area contributed by atoms with Crippen LogP contribution in [0.5, 0.6) is 0 Å². The number of rotatable bonds is 3. The summed E-state index contributed by atoms with van der Waals surface area (Å²) in [7, 11) is 1.48. The van der Waals surface area contributed by atoms with Crippen molar-refractivity contribution >= 4 is 10.8 Å². The number of nitrogens with one attached hydrogen (secondary N) is 1. The van der Waals surface area contributed by atoms with Crippen LogP contribution in [0.15, 0.2) is 0 Å². The molecule has 0 saturated heterocycles. The van der Waals surface area contributed by atoms with E-state index in [0.717, 1.165) is 6.42 Å². The Balaban J connectivity index is 1.85. The van der Waals surface area contributed by atoms with Crippen LogP contribution in [0.3, 0.4) is 0 Å². The van der Waals surface area contributed by atoms with Crippen molar-refractivity contribution in [3.05, 3.63) is 0 Å². The van der Waals surface area contributed by atoms with Gasteiger partial charge in [-0.2, -0.15) is 0 Å². The lowest BCUT2D eigenvalue weighted by Gasteiger charge is -2.24. The lowest BCUT2D eigenvalue weighted by molar-refractivity contribution is 0.501. The van der Waals surface area contributed by atoms with Crippen molar-refractivity contribution in [2.75, 3.05) is 7.05 Å². The van der Waals surface area contributed by atoms with E-state index >= 15 is 0 Å². The van der Waals surface area contributed by atoms with Crippen molar-refractivity contribution in [3.63, 3.8) is 0 Å². The summed E-state index contributed by atoms with van der Waals surface area (Å²) >= 11 is 0. The van der Waals surface area contributed by atoms with Crippen molar-refractivity contribution in [3.8, 4) is 0 Å². The van der Waals surface area contributed by atoms with Crippen LogP contribution in [0.1, 0.15) is 51.4 Å². The van der Waals surface area contributed by atoms with Crippen molar-refractivity contribution in [2.24, 2.45) is 0 Å². The van der Waals surface area contributed by atoms with E-state index in [1.165, 1.54) is 44.9 Å². The average molecular weight is 229 g/mol. The molecule has 2 fully saturated rings. The van der Waals surface area contributed by atoms with Gasteiger partial charge in [-0.05, 0) is 39.2 Å². The van der Waals surface area contributed by atoms with Gasteiger partial charge < -0.3 is 5.32 Å². The van der Waals surface area contributed by atoms with Crippen LogP contribution >= 0.6 is 0 Å². The third kappa shape index (κ3) is 2.82. The standard InChI is InChI=1S/C12H23NOS/c1-13-10-7-8-12(9-10)15(14)11-5-3-2-4-6-11/h10-13H,2-9H2,1H3. The molecule has 0 aromatic heterocycles. The minimum atomic E-state index is -0.544. The lowest BCUT2D eigenvalue weighted by Crippen LogP contribution is -2.28. The molecular weight excluding hydrogens is 206 g/mol. The second-order valence-electron chi connectivity index (χ2n) is 5.01. The lowest BCUT2D eigenvalue weighted by atomic mass is 10.0. The smallest absolute Gasteiger partial charge is 0.0366 e. The Bertz CT molecular complexity index is 226. The highest BCUT2D eigenvalue weighted by atomic mass is 32.2. The highest BCUT2D eigenvalue weighted by molar-refractivity contribution is 7.86. The zero-order chi connectivity index (χ0) is 10.7. The summed E-state index contributed by atoms with van der Waals surface area (Å²) in [6.45, 7) is 0. The van der Waals surface area contributed by atoms with Gasteiger partial charge in [0.15, 0.2) is 0 Å². The minimum absolute atomic E-state index is 0.491. The van der Waals surface area contributed by atoms with Crippen LogP contribution in [-0.2, 0) is 10.8 Å². The van der Waals surface area contributed by atoms with Crippen LogP contribution in [0.25, 0.3) is 0 Å². The third-order valence-corrected chi connectivity index (χ3v) is 6.22. The van der Waals surface area contributed by atoms with E-state index < -0.39 is 10.8 Å².